The second kappa shape index (κ2) is 8.71. The minimum Gasteiger partial charge on any atom is -0.469 e. The Bertz CT molecular complexity index is 586. The van der Waals surface area contributed by atoms with E-state index < -0.39 is 0 Å². The van der Waals surface area contributed by atoms with Crippen molar-refractivity contribution in [3.8, 4) is 0 Å². The van der Waals surface area contributed by atoms with Crippen molar-refractivity contribution in [2.75, 3.05) is 25.5 Å². The number of nitrogens with one attached hydrogen (secondary N) is 1. The summed E-state index contributed by atoms with van der Waals surface area (Å²) in [5.74, 6) is -0.124. The molecule has 0 bridgehead atoms. The minimum atomic E-state index is -0.254. The molecule has 0 saturated carbocycles. The first kappa shape index (κ1) is 18.3. The summed E-state index contributed by atoms with van der Waals surface area (Å²) in [5, 5.41) is 3.55. The Balaban J connectivity index is 1.83. The average Bonchev–Trinajstić information content (AvgIpc) is 2.58. The quantitative estimate of drug-likeness (QED) is 0.814. The Labute approximate surface area is 144 Å². The van der Waals surface area contributed by atoms with Gasteiger partial charge in [-0.2, -0.15) is 0 Å². The number of anilines is 1. The maximum atomic E-state index is 12.3. The maximum absolute atomic E-state index is 12.3. The minimum absolute atomic E-state index is 0.130. The number of esters is 1. The lowest BCUT2D eigenvalue weighted by Crippen LogP contribution is -2.45. The Kier molecular flexibility index (Phi) is 6.64. The molecule has 0 aromatic heterocycles. The molecule has 132 valence electrons. The molecular formula is C19H28N2O3. The van der Waals surface area contributed by atoms with E-state index in [4.69, 9.17) is 0 Å². The summed E-state index contributed by atoms with van der Waals surface area (Å²) in [6.45, 7) is 5.75. The molecule has 1 aliphatic rings. The predicted octanol–water partition coefficient (Wildman–Crippen LogP) is 3.05. The highest BCUT2D eigenvalue weighted by molar-refractivity contribution is 5.77. The van der Waals surface area contributed by atoms with Crippen molar-refractivity contribution >= 4 is 17.6 Å². The number of methoxy groups -OCH3 is 1. The van der Waals surface area contributed by atoms with Gasteiger partial charge in [0.05, 0.1) is 7.11 Å². The van der Waals surface area contributed by atoms with E-state index >= 15 is 0 Å². The normalized spacial score (nSPS) is 17.5. The van der Waals surface area contributed by atoms with E-state index in [0.29, 0.717) is 19.3 Å². The highest BCUT2D eigenvalue weighted by atomic mass is 16.5. The number of benzene rings is 1. The molecule has 1 atom stereocenters. The van der Waals surface area contributed by atoms with E-state index in [0.717, 1.165) is 31.6 Å². The lowest BCUT2D eigenvalue weighted by atomic mass is 10.0. The van der Waals surface area contributed by atoms with Crippen LogP contribution in [0.4, 0.5) is 5.69 Å². The highest BCUT2D eigenvalue weighted by Crippen LogP contribution is 2.19. The van der Waals surface area contributed by atoms with Gasteiger partial charge in [0.25, 0.3) is 0 Å². The number of rotatable bonds is 6. The summed E-state index contributed by atoms with van der Waals surface area (Å²) in [6.07, 6.45) is 3.34. The van der Waals surface area contributed by atoms with Crippen molar-refractivity contribution in [1.82, 2.24) is 4.90 Å². The van der Waals surface area contributed by atoms with Crippen LogP contribution in [0.5, 0.6) is 0 Å². The first-order valence-corrected chi connectivity index (χ1v) is 8.68. The number of likely N-dealkylation sites (tertiary alicyclic amines) is 1. The van der Waals surface area contributed by atoms with Crippen LogP contribution in [-0.2, 0) is 14.3 Å². The third-order valence-corrected chi connectivity index (χ3v) is 4.65. The Morgan fingerprint density at radius 1 is 1.25 bits per heavy atom. The molecule has 1 aromatic rings. The second-order valence-electron chi connectivity index (χ2n) is 6.55. The lowest BCUT2D eigenvalue weighted by Gasteiger charge is -2.34. The average molecular weight is 332 g/mol. The molecule has 1 heterocycles. The molecule has 0 aliphatic carbocycles. The molecule has 0 radical (unpaired) electrons. The topological polar surface area (TPSA) is 58.6 Å². The van der Waals surface area contributed by atoms with E-state index in [1.807, 2.05) is 4.90 Å². The summed E-state index contributed by atoms with van der Waals surface area (Å²) >= 11 is 0. The molecule has 0 spiro atoms. The maximum Gasteiger partial charge on any atom is 0.305 e. The molecule has 1 amide bonds. The van der Waals surface area contributed by atoms with Crippen LogP contribution in [-0.4, -0.2) is 43.0 Å². The monoisotopic (exact) mass is 332 g/mol. The molecule has 1 N–H and O–H groups in total. The largest absolute Gasteiger partial charge is 0.469 e. The van der Waals surface area contributed by atoms with Gasteiger partial charge in [0.1, 0.15) is 0 Å². The van der Waals surface area contributed by atoms with Crippen LogP contribution in [0.15, 0.2) is 18.2 Å². The van der Waals surface area contributed by atoms with Gasteiger partial charge in [-0.25, -0.2) is 0 Å². The summed E-state index contributed by atoms with van der Waals surface area (Å²) in [5.41, 5.74) is 3.67. The van der Waals surface area contributed by atoms with Crippen LogP contribution in [0.25, 0.3) is 0 Å². The zero-order chi connectivity index (χ0) is 17.5. The number of carbonyl (C=O) groups excluding carboxylic acids is 2. The number of amides is 1. The van der Waals surface area contributed by atoms with Gasteiger partial charge in [0, 0.05) is 37.7 Å². The van der Waals surface area contributed by atoms with E-state index in [2.05, 4.69) is 42.1 Å². The third kappa shape index (κ3) is 5.25. The Hall–Kier alpha value is -2.04. The van der Waals surface area contributed by atoms with Crippen molar-refractivity contribution in [1.29, 1.82) is 0 Å². The Morgan fingerprint density at radius 2 is 2.04 bits per heavy atom. The van der Waals surface area contributed by atoms with Crippen molar-refractivity contribution in [3.05, 3.63) is 29.3 Å². The first-order valence-electron chi connectivity index (χ1n) is 8.68. The van der Waals surface area contributed by atoms with E-state index in [1.165, 1.54) is 18.2 Å². The van der Waals surface area contributed by atoms with E-state index in [9.17, 15) is 9.59 Å². The summed E-state index contributed by atoms with van der Waals surface area (Å²) < 4.78 is 4.61. The molecule has 5 nitrogen and oxygen atoms in total. The molecule has 24 heavy (non-hydrogen) atoms. The standard InChI is InChI=1S/C19H28N2O3/c1-14-9-10-16(12-15(14)2)20-17-6-5-11-21(13-17)18(22)7-4-8-19(23)24-3/h9-10,12,17,20H,4-8,11,13H2,1-3H3/t17-/m0/s1. The number of ether oxygens (including phenoxy) is 1. The van der Waals surface area contributed by atoms with E-state index in [-0.39, 0.29) is 17.9 Å². The van der Waals surface area contributed by atoms with Gasteiger partial charge in [-0.05, 0) is 56.4 Å². The van der Waals surface area contributed by atoms with Crippen LogP contribution in [0, 0.1) is 13.8 Å². The van der Waals surface area contributed by atoms with Crippen molar-refractivity contribution in [2.45, 2.75) is 52.0 Å². The van der Waals surface area contributed by atoms with Gasteiger partial charge in [-0.15, -0.1) is 0 Å². The number of hydrogen-bond donors (Lipinski definition) is 1. The van der Waals surface area contributed by atoms with Gasteiger partial charge in [-0.3, -0.25) is 9.59 Å². The van der Waals surface area contributed by atoms with Crippen LogP contribution in [0.1, 0.15) is 43.2 Å². The van der Waals surface area contributed by atoms with Crippen LogP contribution < -0.4 is 5.32 Å². The third-order valence-electron chi connectivity index (χ3n) is 4.65. The number of piperidine rings is 1. The fourth-order valence-electron chi connectivity index (χ4n) is 3.03. The summed E-state index contributed by atoms with van der Waals surface area (Å²) in [4.78, 5) is 25.3. The van der Waals surface area contributed by atoms with Crippen LogP contribution in [0.3, 0.4) is 0 Å². The van der Waals surface area contributed by atoms with E-state index in [1.54, 1.807) is 0 Å². The van der Waals surface area contributed by atoms with Gasteiger partial charge in [0.15, 0.2) is 0 Å². The molecule has 1 aromatic carbocycles. The lowest BCUT2D eigenvalue weighted by molar-refractivity contribution is -0.141. The Morgan fingerprint density at radius 3 is 2.75 bits per heavy atom. The molecular weight excluding hydrogens is 304 g/mol. The van der Waals surface area contributed by atoms with Crippen LogP contribution in [0.2, 0.25) is 0 Å². The fourth-order valence-corrected chi connectivity index (χ4v) is 3.03. The van der Waals surface area contributed by atoms with Crippen molar-refractivity contribution in [3.63, 3.8) is 0 Å². The number of aryl methyl sites for hydroxylation is 2. The smallest absolute Gasteiger partial charge is 0.305 e. The van der Waals surface area contributed by atoms with Crippen LogP contribution >= 0.6 is 0 Å². The fraction of sp³-hybridized carbons (Fsp3) is 0.579. The highest BCUT2D eigenvalue weighted by Gasteiger charge is 2.23. The van der Waals surface area contributed by atoms with Gasteiger partial charge in [-0.1, -0.05) is 6.07 Å². The number of carbonyl (C=O) groups is 2. The molecule has 5 heteroatoms. The first-order chi connectivity index (χ1) is 11.5. The molecule has 1 saturated heterocycles. The van der Waals surface area contributed by atoms with Crippen molar-refractivity contribution in [2.24, 2.45) is 0 Å². The summed E-state index contributed by atoms with van der Waals surface area (Å²) in [7, 11) is 1.37. The molecule has 1 aliphatic heterocycles. The zero-order valence-corrected chi connectivity index (χ0v) is 14.9. The molecule has 1 fully saturated rings. The predicted molar refractivity (Wildman–Crippen MR) is 95.0 cm³/mol. The number of hydrogen-bond acceptors (Lipinski definition) is 4. The molecule has 0 unspecified atom stereocenters. The van der Waals surface area contributed by atoms with Gasteiger partial charge in [0.2, 0.25) is 5.91 Å². The second-order valence-corrected chi connectivity index (χ2v) is 6.55. The number of nitrogens with zero attached hydrogens (tertiary/aromatic N) is 1. The van der Waals surface area contributed by atoms with Gasteiger partial charge < -0.3 is 15.0 Å². The summed E-state index contributed by atoms with van der Waals surface area (Å²) in [6, 6.07) is 6.66. The zero-order valence-electron chi connectivity index (χ0n) is 14.9. The van der Waals surface area contributed by atoms with Gasteiger partial charge >= 0.3 is 5.97 Å². The molecule has 2 rings (SSSR count). The SMILES string of the molecule is COC(=O)CCCC(=O)N1CCC[C@H](Nc2ccc(C)c(C)c2)C1. The van der Waals surface area contributed by atoms with Crippen molar-refractivity contribution < 1.29 is 14.3 Å².